The lowest BCUT2D eigenvalue weighted by atomic mass is 10.1. The van der Waals surface area contributed by atoms with Gasteiger partial charge in [-0.1, -0.05) is 50.2 Å². The van der Waals surface area contributed by atoms with Crippen molar-refractivity contribution in [3.63, 3.8) is 0 Å². The lowest BCUT2D eigenvalue weighted by Crippen LogP contribution is -2.49. The Labute approximate surface area is 198 Å². The molecule has 0 saturated heterocycles. The van der Waals surface area contributed by atoms with E-state index in [1.54, 1.807) is 4.90 Å². The van der Waals surface area contributed by atoms with Crippen LogP contribution in [0, 0.1) is 0 Å². The van der Waals surface area contributed by atoms with Crippen molar-refractivity contribution in [3.8, 4) is 11.5 Å². The minimum Gasteiger partial charge on any atom is -0.490 e. The average Bonchev–Trinajstić information content (AvgIpc) is 2.83. The minimum absolute atomic E-state index is 0.0378. The van der Waals surface area contributed by atoms with Gasteiger partial charge in [0.15, 0.2) is 11.5 Å². The van der Waals surface area contributed by atoms with Crippen LogP contribution < -0.4 is 14.8 Å². The zero-order valence-corrected chi connectivity index (χ0v) is 20.4. The van der Waals surface area contributed by atoms with E-state index < -0.39 is 6.04 Å². The third-order valence-corrected chi connectivity index (χ3v) is 5.37. The first-order valence-electron chi connectivity index (χ1n) is 12.0. The Morgan fingerprint density at radius 3 is 2.24 bits per heavy atom. The highest BCUT2D eigenvalue weighted by Crippen LogP contribution is 2.29. The standard InChI is InChI=1S/C27H38N2O4/c1-5-18-28-27(31)23(6-2)29(20-22-12-10-9-11-13-22)26(30)17-15-21-14-16-24(32-7-3)25(19-21)33-8-4/h9-14,16,19,23H,5-8,15,17-18,20H2,1-4H3,(H,28,31)/t23-/m1/s1. The molecule has 1 atom stereocenters. The molecule has 0 aliphatic rings. The summed E-state index contributed by atoms with van der Waals surface area (Å²) in [6, 6.07) is 15.1. The van der Waals surface area contributed by atoms with Crippen LogP contribution in [-0.4, -0.2) is 42.5 Å². The Bertz CT molecular complexity index is 870. The Hall–Kier alpha value is -3.02. The van der Waals surface area contributed by atoms with Gasteiger partial charge in [-0.3, -0.25) is 9.59 Å². The summed E-state index contributed by atoms with van der Waals surface area (Å²) >= 11 is 0. The zero-order valence-electron chi connectivity index (χ0n) is 20.4. The number of aryl methyl sites for hydroxylation is 1. The Morgan fingerprint density at radius 1 is 0.909 bits per heavy atom. The number of rotatable bonds is 14. The molecule has 0 saturated carbocycles. The van der Waals surface area contributed by atoms with Crippen LogP contribution in [0.15, 0.2) is 48.5 Å². The summed E-state index contributed by atoms with van der Waals surface area (Å²) in [6.45, 7) is 9.94. The maximum Gasteiger partial charge on any atom is 0.242 e. The van der Waals surface area contributed by atoms with Crippen LogP contribution in [0.4, 0.5) is 0 Å². The van der Waals surface area contributed by atoms with Crippen LogP contribution in [0.3, 0.4) is 0 Å². The Balaban J connectivity index is 2.18. The Morgan fingerprint density at radius 2 is 1.61 bits per heavy atom. The maximum atomic E-state index is 13.4. The summed E-state index contributed by atoms with van der Waals surface area (Å²) in [5, 5.41) is 2.95. The van der Waals surface area contributed by atoms with Gasteiger partial charge < -0.3 is 19.7 Å². The fraction of sp³-hybridized carbons (Fsp3) is 0.481. The lowest BCUT2D eigenvalue weighted by molar-refractivity contribution is -0.141. The van der Waals surface area contributed by atoms with E-state index in [-0.39, 0.29) is 11.8 Å². The number of ether oxygens (including phenoxy) is 2. The molecule has 2 aromatic rings. The quantitative estimate of drug-likeness (QED) is 0.447. The number of nitrogens with one attached hydrogen (secondary N) is 1. The largest absolute Gasteiger partial charge is 0.490 e. The van der Waals surface area contributed by atoms with Crippen molar-refractivity contribution in [2.75, 3.05) is 19.8 Å². The summed E-state index contributed by atoms with van der Waals surface area (Å²) < 4.78 is 11.3. The molecule has 6 heteroatoms. The highest BCUT2D eigenvalue weighted by Gasteiger charge is 2.28. The predicted molar refractivity (Wildman–Crippen MR) is 131 cm³/mol. The van der Waals surface area contributed by atoms with Crippen molar-refractivity contribution < 1.29 is 19.1 Å². The van der Waals surface area contributed by atoms with E-state index >= 15 is 0 Å². The second kappa shape index (κ2) is 14.2. The highest BCUT2D eigenvalue weighted by molar-refractivity contribution is 5.87. The molecule has 0 spiro atoms. The summed E-state index contributed by atoms with van der Waals surface area (Å²) in [6.07, 6.45) is 2.29. The molecule has 0 heterocycles. The normalized spacial score (nSPS) is 11.5. The molecule has 0 bridgehead atoms. The molecule has 6 nitrogen and oxygen atoms in total. The van der Waals surface area contributed by atoms with Gasteiger partial charge in [-0.2, -0.15) is 0 Å². The molecule has 0 aromatic heterocycles. The van der Waals surface area contributed by atoms with E-state index in [1.807, 2.05) is 76.2 Å². The molecule has 0 radical (unpaired) electrons. The third kappa shape index (κ3) is 8.12. The molecule has 0 aliphatic heterocycles. The van der Waals surface area contributed by atoms with Crippen LogP contribution in [0.5, 0.6) is 11.5 Å². The number of carbonyl (C=O) groups excluding carboxylic acids is 2. The third-order valence-electron chi connectivity index (χ3n) is 5.37. The first-order chi connectivity index (χ1) is 16.0. The topological polar surface area (TPSA) is 67.9 Å². The van der Waals surface area contributed by atoms with Gasteiger partial charge in [-0.05, 0) is 56.4 Å². The molecule has 0 aliphatic carbocycles. The van der Waals surface area contributed by atoms with Gasteiger partial charge in [-0.25, -0.2) is 0 Å². The van der Waals surface area contributed by atoms with Crippen LogP contribution >= 0.6 is 0 Å². The lowest BCUT2D eigenvalue weighted by Gasteiger charge is -2.30. The van der Waals surface area contributed by atoms with Crippen molar-refractivity contribution in [1.29, 1.82) is 0 Å². The first kappa shape index (κ1) is 26.2. The molecule has 2 amide bonds. The number of hydrogen-bond acceptors (Lipinski definition) is 4. The van der Waals surface area contributed by atoms with Gasteiger partial charge in [0.2, 0.25) is 11.8 Å². The van der Waals surface area contributed by atoms with Crippen molar-refractivity contribution in [2.45, 2.75) is 66.0 Å². The molecule has 33 heavy (non-hydrogen) atoms. The molecular weight excluding hydrogens is 416 g/mol. The summed E-state index contributed by atoms with van der Waals surface area (Å²) in [5.74, 6) is 1.27. The van der Waals surface area contributed by atoms with E-state index in [0.717, 1.165) is 17.5 Å². The molecule has 1 N–H and O–H groups in total. The van der Waals surface area contributed by atoms with Crippen molar-refractivity contribution >= 4 is 11.8 Å². The minimum atomic E-state index is -0.497. The number of benzene rings is 2. The van der Waals surface area contributed by atoms with E-state index in [2.05, 4.69) is 5.32 Å². The molecule has 0 unspecified atom stereocenters. The van der Waals surface area contributed by atoms with Crippen LogP contribution in [0.25, 0.3) is 0 Å². The summed E-state index contributed by atoms with van der Waals surface area (Å²) in [4.78, 5) is 27.9. The monoisotopic (exact) mass is 454 g/mol. The van der Waals surface area contributed by atoms with Crippen LogP contribution in [0.1, 0.15) is 58.1 Å². The van der Waals surface area contributed by atoms with Gasteiger partial charge in [-0.15, -0.1) is 0 Å². The first-order valence-corrected chi connectivity index (χ1v) is 12.0. The fourth-order valence-electron chi connectivity index (χ4n) is 3.71. The number of amides is 2. The number of nitrogens with zero attached hydrogens (tertiary/aromatic N) is 1. The van der Waals surface area contributed by atoms with Gasteiger partial charge in [0.1, 0.15) is 6.04 Å². The summed E-state index contributed by atoms with van der Waals surface area (Å²) in [7, 11) is 0. The van der Waals surface area contributed by atoms with E-state index in [4.69, 9.17) is 9.47 Å². The Kier molecular flexibility index (Phi) is 11.3. The smallest absolute Gasteiger partial charge is 0.242 e. The van der Waals surface area contributed by atoms with E-state index in [0.29, 0.717) is 57.1 Å². The second-order valence-electron chi connectivity index (χ2n) is 7.87. The SMILES string of the molecule is CCCNC(=O)[C@@H](CC)N(Cc1ccccc1)C(=O)CCc1ccc(OCC)c(OCC)c1. The van der Waals surface area contributed by atoms with Gasteiger partial charge >= 0.3 is 0 Å². The van der Waals surface area contributed by atoms with Crippen LogP contribution in [-0.2, 0) is 22.6 Å². The zero-order chi connectivity index (χ0) is 24.1. The summed E-state index contributed by atoms with van der Waals surface area (Å²) in [5.41, 5.74) is 2.01. The van der Waals surface area contributed by atoms with Crippen LogP contribution in [0.2, 0.25) is 0 Å². The molecule has 0 fully saturated rings. The molecular formula is C27H38N2O4. The highest BCUT2D eigenvalue weighted by atomic mass is 16.5. The van der Waals surface area contributed by atoms with Gasteiger partial charge in [0.05, 0.1) is 13.2 Å². The van der Waals surface area contributed by atoms with Crippen molar-refractivity contribution in [1.82, 2.24) is 10.2 Å². The second-order valence-corrected chi connectivity index (χ2v) is 7.87. The molecule has 2 rings (SSSR count). The van der Waals surface area contributed by atoms with Gasteiger partial charge in [0.25, 0.3) is 0 Å². The van der Waals surface area contributed by atoms with E-state index in [9.17, 15) is 9.59 Å². The fourth-order valence-corrected chi connectivity index (χ4v) is 3.71. The molecule has 2 aromatic carbocycles. The molecule has 180 valence electrons. The number of carbonyl (C=O) groups is 2. The predicted octanol–water partition coefficient (Wildman–Crippen LogP) is 4.75. The average molecular weight is 455 g/mol. The maximum absolute atomic E-state index is 13.4. The van der Waals surface area contributed by atoms with E-state index in [1.165, 1.54) is 0 Å². The van der Waals surface area contributed by atoms with Gasteiger partial charge in [0, 0.05) is 19.5 Å². The van der Waals surface area contributed by atoms with Crippen molar-refractivity contribution in [2.24, 2.45) is 0 Å². The number of hydrogen-bond donors (Lipinski definition) is 1. The van der Waals surface area contributed by atoms with Crippen molar-refractivity contribution in [3.05, 3.63) is 59.7 Å².